The van der Waals surface area contributed by atoms with E-state index in [1.807, 2.05) is 38.1 Å². The van der Waals surface area contributed by atoms with Crippen LogP contribution in [0.25, 0.3) is 11.3 Å². The molecule has 0 aliphatic heterocycles. The van der Waals surface area contributed by atoms with E-state index in [2.05, 4.69) is 10.3 Å². The number of benzene rings is 1. The van der Waals surface area contributed by atoms with Gasteiger partial charge in [-0.3, -0.25) is 0 Å². The van der Waals surface area contributed by atoms with Crippen LogP contribution in [-0.4, -0.2) is 15.0 Å². The van der Waals surface area contributed by atoms with Crippen LogP contribution in [0.5, 0.6) is 0 Å². The molecule has 0 radical (unpaired) electrons. The van der Waals surface area contributed by atoms with Crippen molar-refractivity contribution in [2.24, 2.45) is 0 Å². The third-order valence-electron chi connectivity index (χ3n) is 2.31. The van der Waals surface area contributed by atoms with Crippen LogP contribution in [0, 0.1) is 0 Å². The highest BCUT2D eigenvalue weighted by molar-refractivity contribution is 6.30. The molecule has 2 rings (SSSR count). The highest BCUT2D eigenvalue weighted by Gasteiger charge is 2.14. The van der Waals surface area contributed by atoms with Gasteiger partial charge in [0.15, 0.2) is 5.82 Å². The van der Waals surface area contributed by atoms with Crippen molar-refractivity contribution >= 4 is 17.4 Å². The van der Waals surface area contributed by atoms with E-state index in [-0.39, 0.29) is 6.04 Å². The number of halogens is 1. The van der Waals surface area contributed by atoms with Crippen LogP contribution in [0.15, 0.2) is 24.3 Å². The minimum Gasteiger partial charge on any atom is -0.380 e. The molecule has 0 fully saturated rings. The molecule has 0 amide bonds. The lowest BCUT2D eigenvalue weighted by molar-refractivity contribution is 0.519. The molecule has 0 aliphatic carbocycles. The molecule has 1 heterocycles. The lowest BCUT2D eigenvalue weighted by Crippen LogP contribution is -2.05. The first-order valence-electron chi connectivity index (χ1n) is 5.06. The molecule has 2 aromatic rings. The summed E-state index contributed by atoms with van der Waals surface area (Å²) < 4.78 is 1.79. The zero-order chi connectivity index (χ0) is 11.7. The number of hydrogen-bond acceptors (Lipinski definition) is 3. The van der Waals surface area contributed by atoms with Gasteiger partial charge in [0.1, 0.15) is 5.69 Å². The van der Waals surface area contributed by atoms with Crippen LogP contribution in [0.2, 0.25) is 5.02 Å². The minimum absolute atomic E-state index is 0.207. The van der Waals surface area contributed by atoms with Crippen LogP contribution in [0.1, 0.15) is 19.9 Å². The molecule has 0 saturated heterocycles. The van der Waals surface area contributed by atoms with E-state index >= 15 is 0 Å². The third kappa shape index (κ3) is 1.88. The number of nitrogens with zero attached hydrogens (tertiary/aromatic N) is 3. The normalized spacial score (nSPS) is 11.0. The molecule has 0 unspecified atom stereocenters. The second kappa shape index (κ2) is 4.14. The highest BCUT2D eigenvalue weighted by atomic mass is 35.5. The summed E-state index contributed by atoms with van der Waals surface area (Å²) in [5.41, 5.74) is 7.57. The van der Waals surface area contributed by atoms with E-state index in [0.29, 0.717) is 10.8 Å². The standard InChI is InChI=1S/C11H13ClN4/c1-7(2)16-10(11(13)14-15-16)8-4-3-5-9(12)6-8/h3-7H,13H2,1-2H3. The lowest BCUT2D eigenvalue weighted by Gasteiger charge is -2.10. The molecule has 4 nitrogen and oxygen atoms in total. The molecule has 0 bridgehead atoms. The topological polar surface area (TPSA) is 56.7 Å². The van der Waals surface area contributed by atoms with E-state index < -0.39 is 0 Å². The number of anilines is 1. The van der Waals surface area contributed by atoms with E-state index in [1.54, 1.807) is 4.68 Å². The fourth-order valence-electron chi connectivity index (χ4n) is 1.58. The molecule has 5 heteroatoms. The maximum atomic E-state index is 5.96. The molecule has 0 saturated carbocycles. The largest absolute Gasteiger partial charge is 0.380 e. The van der Waals surface area contributed by atoms with Gasteiger partial charge in [-0.05, 0) is 26.0 Å². The molecule has 0 spiro atoms. The first-order valence-corrected chi connectivity index (χ1v) is 5.44. The first-order chi connectivity index (χ1) is 7.59. The van der Waals surface area contributed by atoms with Gasteiger partial charge in [-0.25, -0.2) is 4.68 Å². The average molecular weight is 237 g/mol. The van der Waals surface area contributed by atoms with Crippen molar-refractivity contribution in [3.8, 4) is 11.3 Å². The van der Waals surface area contributed by atoms with Crippen LogP contribution < -0.4 is 5.73 Å². The van der Waals surface area contributed by atoms with E-state index in [9.17, 15) is 0 Å². The lowest BCUT2D eigenvalue weighted by atomic mass is 10.1. The average Bonchev–Trinajstić information content (AvgIpc) is 2.60. The molecule has 0 aliphatic rings. The number of aromatic nitrogens is 3. The maximum absolute atomic E-state index is 5.96. The quantitative estimate of drug-likeness (QED) is 0.872. The summed E-state index contributed by atoms with van der Waals surface area (Å²) in [4.78, 5) is 0. The summed E-state index contributed by atoms with van der Waals surface area (Å²) in [6, 6.07) is 7.72. The van der Waals surface area contributed by atoms with Crippen molar-refractivity contribution in [3.63, 3.8) is 0 Å². The Hall–Kier alpha value is -1.55. The molecular formula is C11H13ClN4. The van der Waals surface area contributed by atoms with Gasteiger partial charge in [0.05, 0.1) is 0 Å². The van der Waals surface area contributed by atoms with E-state index in [4.69, 9.17) is 17.3 Å². The van der Waals surface area contributed by atoms with Gasteiger partial charge in [0.2, 0.25) is 0 Å². The van der Waals surface area contributed by atoms with Crippen molar-refractivity contribution in [2.45, 2.75) is 19.9 Å². The molecule has 16 heavy (non-hydrogen) atoms. The predicted molar refractivity (Wildman–Crippen MR) is 65.3 cm³/mol. The Morgan fingerprint density at radius 2 is 2.12 bits per heavy atom. The van der Waals surface area contributed by atoms with Gasteiger partial charge in [0, 0.05) is 16.6 Å². The molecule has 84 valence electrons. The molecule has 1 aromatic heterocycles. The van der Waals surface area contributed by atoms with Gasteiger partial charge in [-0.1, -0.05) is 28.9 Å². The highest BCUT2D eigenvalue weighted by Crippen LogP contribution is 2.28. The van der Waals surface area contributed by atoms with E-state index in [1.165, 1.54) is 0 Å². The predicted octanol–water partition coefficient (Wildman–Crippen LogP) is 2.76. The van der Waals surface area contributed by atoms with Crippen molar-refractivity contribution < 1.29 is 0 Å². The molecule has 2 N–H and O–H groups in total. The monoisotopic (exact) mass is 236 g/mol. The van der Waals surface area contributed by atoms with Gasteiger partial charge in [-0.2, -0.15) is 0 Å². The number of nitrogen functional groups attached to an aromatic ring is 1. The van der Waals surface area contributed by atoms with Crippen molar-refractivity contribution in [3.05, 3.63) is 29.3 Å². The summed E-state index contributed by atoms with van der Waals surface area (Å²) in [6.45, 7) is 4.06. The summed E-state index contributed by atoms with van der Waals surface area (Å²) >= 11 is 5.96. The fourth-order valence-corrected chi connectivity index (χ4v) is 1.77. The van der Waals surface area contributed by atoms with Gasteiger partial charge < -0.3 is 5.73 Å². The zero-order valence-electron chi connectivity index (χ0n) is 9.18. The Labute approximate surface area is 99.0 Å². The van der Waals surface area contributed by atoms with E-state index in [0.717, 1.165) is 11.3 Å². The number of rotatable bonds is 2. The third-order valence-corrected chi connectivity index (χ3v) is 2.54. The smallest absolute Gasteiger partial charge is 0.174 e. The van der Waals surface area contributed by atoms with Crippen molar-refractivity contribution in [1.29, 1.82) is 0 Å². The Morgan fingerprint density at radius 1 is 1.38 bits per heavy atom. The Kier molecular flexibility index (Phi) is 2.83. The van der Waals surface area contributed by atoms with Gasteiger partial charge in [-0.15, -0.1) is 5.10 Å². The SMILES string of the molecule is CC(C)n1nnc(N)c1-c1cccc(Cl)c1. The van der Waals surface area contributed by atoms with Crippen LogP contribution in [0.4, 0.5) is 5.82 Å². The van der Waals surface area contributed by atoms with Crippen LogP contribution in [-0.2, 0) is 0 Å². The summed E-state index contributed by atoms with van der Waals surface area (Å²) in [6.07, 6.45) is 0. The van der Waals surface area contributed by atoms with Crippen molar-refractivity contribution in [1.82, 2.24) is 15.0 Å². The Bertz CT molecular complexity index is 504. The first kappa shape index (κ1) is 11.0. The summed E-state index contributed by atoms with van der Waals surface area (Å²) in [7, 11) is 0. The maximum Gasteiger partial charge on any atom is 0.174 e. The Morgan fingerprint density at radius 3 is 2.75 bits per heavy atom. The molecular weight excluding hydrogens is 224 g/mol. The van der Waals surface area contributed by atoms with Crippen LogP contribution >= 0.6 is 11.6 Å². The summed E-state index contributed by atoms with van der Waals surface area (Å²) in [5, 5.41) is 8.59. The number of hydrogen-bond donors (Lipinski definition) is 1. The zero-order valence-corrected chi connectivity index (χ0v) is 9.94. The number of nitrogens with two attached hydrogens (primary N) is 1. The van der Waals surface area contributed by atoms with Crippen LogP contribution in [0.3, 0.4) is 0 Å². The molecule has 1 aromatic carbocycles. The van der Waals surface area contributed by atoms with Gasteiger partial charge >= 0.3 is 0 Å². The second-order valence-corrected chi connectivity index (χ2v) is 4.31. The minimum atomic E-state index is 0.207. The second-order valence-electron chi connectivity index (χ2n) is 3.87. The van der Waals surface area contributed by atoms with Gasteiger partial charge in [0.25, 0.3) is 0 Å². The summed E-state index contributed by atoms with van der Waals surface area (Å²) in [5.74, 6) is 0.427. The fraction of sp³-hybridized carbons (Fsp3) is 0.273. The Balaban J connectivity index is 2.59. The van der Waals surface area contributed by atoms with Crippen molar-refractivity contribution in [2.75, 3.05) is 5.73 Å². The molecule has 0 atom stereocenters.